The number of nitrogens with zero attached hydrogens (tertiary/aromatic N) is 5. The number of carbonyl (C=O) groups excluding carboxylic acids is 3. The maximum atomic E-state index is 13.3. The average Bonchev–Trinajstić information content (AvgIpc) is 3.44. The van der Waals surface area contributed by atoms with Crippen molar-refractivity contribution in [2.75, 3.05) is 32.7 Å². The number of piperidine rings is 1. The third-order valence-corrected chi connectivity index (χ3v) is 6.89. The summed E-state index contributed by atoms with van der Waals surface area (Å²) in [6.07, 6.45) is 6.57. The summed E-state index contributed by atoms with van der Waals surface area (Å²) in [6.45, 7) is 10.1. The summed E-state index contributed by atoms with van der Waals surface area (Å²) in [5, 5.41) is 3.00. The van der Waals surface area contributed by atoms with Crippen LogP contribution in [0.15, 0.2) is 12.4 Å². The fourth-order valence-electron chi connectivity index (χ4n) is 5.17. The highest BCUT2D eigenvalue weighted by Gasteiger charge is 2.54. The standard InChI is InChI=1S/C22H34N6O3/c1-4-9-25-11-6-22(7-12-25)20(30)28(21(31)24-22)17-5-10-26(14-17)18(29)15-27-13-8-23-19(27)16(2)3/h8,13,16-17H,4-7,9-12,14-15H2,1-3H3,(H,24,31)/t17-/m1/s1. The zero-order chi connectivity index (χ0) is 22.2. The Morgan fingerprint density at radius 1 is 1.26 bits per heavy atom. The van der Waals surface area contributed by atoms with E-state index in [1.807, 2.05) is 10.8 Å². The minimum absolute atomic E-state index is 0.00274. The first-order chi connectivity index (χ1) is 14.8. The smallest absolute Gasteiger partial charge is 0.325 e. The topological polar surface area (TPSA) is 90.8 Å². The number of rotatable bonds is 6. The van der Waals surface area contributed by atoms with Crippen LogP contribution in [-0.4, -0.2) is 86.4 Å². The highest BCUT2D eigenvalue weighted by Crippen LogP contribution is 2.32. The molecule has 0 saturated carbocycles. The van der Waals surface area contributed by atoms with Gasteiger partial charge in [-0.05, 0) is 32.2 Å². The van der Waals surface area contributed by atoms with E-state index in [0.29, 0.717) is 32.4 Å². The average molecular weight is 431 g/mol. The fourth-order valence-corrected chi connectivity index (χ4v) is 5.17. The van der Waals surface area contributed by atoms with Crippen LogP contribution in [0.5, 0.6) is 0 Å². The van der Waals surface area contributed by atoms with E-state index in [4.69, 9.17) is 0 Å². The van der Waals surface area contributed by atoms with Crippen LogP contribution in [-0.2, 0) is 16.1 Å². The molecule has 4 heterocycles. The van der Waals surface area contributed by atoms with Gasteiger partial charge in [0.15, 0.2) is 0 Å². The number of imide groups is 1. The monoisotopic (exact) mass is 430 g/mol. The summed E-state index contributed by atoms with van der Waals surface area (Å²) in [5.74, 6) is 1.01. The van der Waals surface area contributed by atoms with Crippen molar-refractivity contribution >= 4 is 17.8 Å². The van der Waals surface area contributed by atoms with Gasteiger partial charge >= 0.3 is 6.03 Å². The molecule has 1 atom stereocenters. The van der Waals surface area contributed by atoms with Gasteiger partial charge in [-0.1, -0.05) is 20.8 Å². The quantitative estimate of drug-likeness (QED) is 0.689. The molecular formula is C22H34N6O3. The van der Waals surface area contributed by atoms with Crippen LogP contribution >= 0.6 is 0 Å². The third-order valence-electron chi connectivity index (χ3n) is 6.89. The first-order valence-electron chi connectivity index (χ1n) is 11.5. The van der Waals surface area contributed by atoms with Crippen LogP contribution in [0, 0.1) is 0 Å². The Morgan fingerprint density at radius 3 is 2.68 bits per heavy atom. The summed E-state index contributed by atoms with van der Waals surface area (Å²) >= 11 is 0. The molecule has 1 N–H and O–H groups in total. The second-order valence-electron chi connectivity index (χ2n) is 9.38. The number of hydrogen-bond donors (Lipinski definition) is 1. The van der Waals surface area contributed by atoms with E-state index in [1.54, 1.807) is 11.1 Å². The Kier molecular flexibility index (Phi) is 6.05. The van der Waals surface area contributed by atoms with Crippen LogP contribution < -0.4 is 5.32 Å². The number of likely N-dealkylation sites (tertiary alicyclic amines) is 2. The normalized spacial score (nSPS) is 23.9. The van der Waals surface area contributed by atoms with Gasteiger partial charge < -0.3 is 19.7 Å². The van der Waals surface area contributed by atoms with E-state index in [9.17, 15) is 14.4 Å². The van der Waals surface area contributed by atoms with Gasteiger partial charge in [0, 0.05) is 44.5 Å². The molecule has 0 aromatic carbocycles. The number of amides is 4. The van der Waals surface area contributed by atoms with E-state index >= 15 is 0 Å². The largest absolute Gasteiger partial charge is 0.339 e. The Bertz CT molecular complexity index is 842. The van der Waals surface area contributed by atoms with E-state index < -0.39 is 5.54 Å². The molecule has 3 saturated heterocycles. The number of aromatic nitrogens is 2. The first kappa shape index (κ1) is 21.8. The van der Waals surface area contributed by atoms with Crippen molar-refractivity contribution < 1.29 is 14.4 Å². The molecule has 0 bridgehead atoms. The molecule has 4 rings (SSSR count). The Morgan fingerprint density at radius 2 is 2.00 bits per heavy atom. The fraction of sp³-hybridized carbons (Fsp3) is 0.727. The van der Waals surface area contributed by atoms with Crippen molar-refractivity contribution in [2.45, 2.75) is 70.5 Å². The minimum Gasteiger partial charge on any atom is -0.339 e. The molecule has 3 fully saturated rings. The van der Waals surface area contributed by atoms with E-state index in [1.165, 1.54) is 4.90 Å². The van der Waals surface area contributed by atoms with Gasteiger partial charge in [0.05, 0.1) is 6.04 Å². The van der Waals surface area contributed by atoms with Crippen LogP contribution in [0.2, 0.25) is 0 Å². The lowest BCUT2D eigenvalue weighted by Crippen LogP contribution is -2.55. The molecule has 9 heteroatoms. The van der Waals surface area contributed by atoms with Gasteiger partial charge in [-0.3, -0.25) is 14.5 Å². The number of carbonyl (C=O) groups is 3. The lowest BCUT2D eigenvalue weighted by atomic mass is 9.87. The molecule has 0 radical (unpaired) electrons. The van der Waals surface area contributed by atoms with Crippen molar-refractivity contribution in [1.29, 1.82) is 0 Å². The molecule has 170 valence electrons. The maximum absolute atomic E-state index is 13.3. The van der Waals surface area contributed by atoms with Crippen LogP contribution in [0.1, 0.15) is 58.2 Å². The Labute approximate surface area is 183 Å². The van der Waals surface area contributed by atoms with Crippen molar-refractivity contribution in [1.82, 2.24) is 29.6 Å². The molecule has 31 heavy (non-hydrogen) atoms. The zero-order valence-electron chi connectivity index (χ0n) is 18.8. The second kappa shape index (κ2) is 8.61. The number of imidazole rings is 1. The van der Waals surface area contributed by atoms with E-state index in [2.05, 4.69) is 36.0 Å². The minimum atomic E-state index is -0.762. The number of hydrogen-bond acceptors (Lipinski definition) is 5. The zero-order valence-corrected chi connectivity index (χ0v) is 18.8. The van der Waals surface area contributed by atoms with Crippen molar-refractivity contribution in [2.24, 2.45) is 0 Å². The van der Waals surface area contributed by atoms with Crippen LogP contribution in [0.4, 0.5) is 4.79 Å². The summed E-state index contributed by atoms with van der Waals surface area (Å²) in [6, 6.07) is -0.554. The predicted molar refractivity (Wildman–Crippen MR) is 115 cm³/mol. The number of urea groups is 1. The lowest BCUT2D eigenvalue weighted by Gasteiger charge is -2.37. The van der Waals surface area contributed by atoms with E-state index in [0.717, 1.165) is 31.9 Å². The van der Waals surface area contributed by atoms with Crippen molar-refractivity contribution in [3.05, 3.63) is 18.2 Å². The van der Waals surface area contributed by atoms with Gasteiger partial charge in [-0.2, -0.15) is 0 Å². The van der Waals surface area contributed by atoms with Gasteiger partial charge in [0.1, 0.15) is 17.9 Å². The first-order valence-corrected chi connectivity index (χ1v) is 11.5. The molecule has 1 spiro atoms. The molecule has 4 amide bonds. The van der Waals surface area contributed by atoms with Crippen LogP contribution in [0.3, 0.4) is 0 Å². The lowest BCUT2D eigenvalue weighted by molar-refractivity contribution is -0.135. The van der Waals surface area contributed by atoms with Gasteiger partial charge in [-0.25, -0.2) is 9.78 Å². The SMILES string of the molecule is CCCN1CCC2(CC1)NC(=O)N([C@@H]1CCN(C(=O)Cn3ccnc3C(C)C)C1)C2=O. The summed E-state index contributed by atoms with van der Waals surface area (Å²) in [4.78, 5) is 48.8. The Balaban J connectivity index is 1.38. The second-order valence-corrected chi connectivity index (χ2v) is 9.38. The molecule has 1 aromatic rings. The van der Waals surface area contributed by atoms with Crippen LogP contribution in [0.25, 0.3) is 0 Å². The molecule has 9 nitrogen and oxygen atoms in total. The summed E-state index contributed by atoms with van der Waals surface area (Å²) in [5.41, 5.74) is -0.762. The predicted octanol–water partition coefficient (Wildman–Crippen LogP) is 1.40. The Hall–Kier alpha value is -2.42. The van der Waals surface area contributed by atoms with E-state index in [-0.39, 0.29) is 36.3 Å². The third kappa shape index (κ3) is 4.07. The molecule has 0 aliphatic carbocycles. The van der Waals surface area contributed by atoms with Gasteiger partial charge in [0.2, 0.25) is 5.91 Å². The highest BCUT2D eigenvalue weighted by molar-refractivity contribution is 6.07. The van der Waals surface area contributed by atoms with Crippen molar-refractivity contribution in [3.63, 3.8) is 0 Å². The number of nitrogens with one attached hydrogen (secondary N) is 1. The maximum Gasteiger partial charge on any atom is 0.325 e. The molecule has 1 aromatic heterocycles. The molecule has 3 aliphatic heterocycles. The van der Waals surface area contributed by atoms with Crippen molar-refractivity contribution in [3.8, 4) is 0 Å². The van der Waals surface area contributed by atoms with Gasteiger partial charge in [-0.15, -0.1) is 0 Å². The molecule has 0 unspecified atom stereocenters. The summed E-state index contributed by atoms with van der Waals surface area (Å²) < 4.78 is 1.88. The summed E-state index contributed by atoms with van der Waals surface area (Å²) in [7, 11) is 0. The van der Waals surface area contributed by atoms with Gasteiger partial charge in [0.25, 0.3) is 5.91 Å². The molecule has 3 aliphatic rings. The highest BCUT2D eigenvalue weighted by atomic mass is 16.2. The molecular weight excluding hydrogens is 396 g/mol.